The molecule has 0 fully saturated rings. The Morgan fingerprint density at radius 3 is 2.07 bits per heavy atom. The van der Waals surface area contributed by atoms with Gasteiger partial charge < -0.3 is 9.88 Å². The van der Waals surface area contributed by atoms with Gasteiger partial charge in [-0.25, -0.2) is 4.98 Å². The maximum atomic E-state index is 13.2. The quantitative estimate of drug-likeness (QED) is 0.551. The number of aromatic nitrogens is 3. The van der Waals surface area contributed by atoms with E-state index in [2.05, 4.69) is 15.0 Å². The first-order valence-corrected chi connectivity index (χ1v) is 9.12. The van der Waals surface area contributed by atoms with Crippen molar-refractivity contribution in [2.45, 2.75) is 13.1 Å². The second-order valence-corrected chi connectivity index (χ2v) is 6.51. The zero-order valence-electron chi connectivity index (χ0n) is 15.3. The number of nitrogens with one attached hydrogen (secondary N) is 1. The first-order chi connectivity index (χ1) is 13.8. The smallest absolute Gasteiger partial charge is 0.274 e. The summed E-state index contributed by atoms with van der Waals surface area (Å²) in [6.07, 6.45) is 5.09. The molecule has 28 heavy (non-hydrogen) atoms. The number of nitrogens with zero attached hydrogens (tertiary/aromatic N) is 3. The van der Waals surface area contributed by atoms with Crippen LogP contribution in [0.4, 0.5) is 0 Å². The highest BCUT2D eigenvalue weighted by Gasteiger charge is 2.20. The predicted molar refractivity (Wildman–Crippen MR) is 108 cm³/mol. The highest BCUT2D eigenvalue weighted by Crippen LogP contribution is 2.17. The number of carbonyl (C=O) groups is 1. The van der Waals surface area contributed by atoms with Crippen LogP contribution in [0.5, 0.6) is 0 Å². The van der Waals surface area contributed by atoms with Crippen LogP contribution < -0.4 is 0 Å². The van der Waals surface area contributed by atoms with Gasteiger partial charge in [-0.2, -0.15) is 0 Å². The SMILES string of the molecule is O=C(c1c[nH]c(-c2cccnc2)n1)N(Cc1ccccc1)Cc1ccccc1. The molecule has 0 atom stereocenters. The molecule has 2 aromatic carbocycles. The molecule has 2 aromatic heterocycles. The van der Waals surface area contributed by atoms with Gasteiger partial charge in [0.2, 0.25) is 0 Å². The summed E-state index contributed by atoms with van der Waals surface area (Å²) in [7, 11) is 0. The highest BCUT2D eigenvalue weighted by molar-refractivity contribution is 5.92. The summed E-state index contributed by atoms with van der Waals surface area (Å²) in [5, 5.41) is 0. The Bertz CT molecular complexity index is 988. The van der Waals surface area contributed by atoms with Crippen LogP contribution in [0.3, 0.4) is 0 Å². The molecule has 0 aliphatic heterocycles. The standard InChI is InChI=1S/C23H20N4O/c28-23(21-15-25-22(26-21)20-12-7-13-24-14-20)27(16-18-8-3-1-4-9-18)17-19-10-5-2-6-11-19/h1-15H,16-17H2,(H,25,26). The molecule has 4 aromatic rings. The fourth-order valence-corrected chi connectivity index (χ4v) is 3.05. The van der Waals surface area contributed by atoms with Crippen molar-refractivity contribution >= 4 is 5.91 Å². The number of rotatable bonds is 6. The number of carbonyl (C=O) groups excluding carboxylic acids is 1. The fourth-order valence-electron chi connectivity index (χ4n) is 3.05. The van der Waals surface area contributed by atoms with Crippen molar-refractivity contribution in [3.8, 4) is 11.4 Å². The lowest BCUT2D eigenvalue weighted by Gasteiger charge is -2.22. The summed E-state index contributed by atoms with van der Waals surface area (Å²) in [6.45, 7) is 1.04. The number of aromatic amines is 1. The van der Waals surface area contributed by atoms with Crippen LogP contribution in [-0.4, -0.2) is 25.8 Å². The van der Waals surface area contributed by atoms with E-state index in [1.165, 1.54) is 0 Å². The molecule has 0 bridgehead atoms. The van der Waals surface area contributed by atoms with Gasteiger partial charge in [0.15, 0.2) is 0 Å². The molecular formula is C23H20N4O. The third kappa shape index (κ3) is 4.15. The second-order valence-electron chi connectivity index (χ2n) is 6.51. The van der Waals surface area contributed by atoms with Crippen molar-refractivity contribution in [1.29, 1.82) is 0 Å². The molecule has 0 aliphatic carbocycles. The molecule has 0 saturated carbocycles. The molecule has 2 heterocycles. The van der Waals surface area contributed by atoms with Gasteiger partial charge >= 0.3 is 0 Å². The van der Waals surface area contributed by atoms with Gasteiger partial charge in [0.25, 0.3) is 5.91 Å². The average molecular weight is 368 g/mol. The van der Waals surface area contributed by atoms with Crippen molar-refractivity contribution in [3.05, 3.63) is 108 Å². The Morgan fingerprint density at radius 1 is 0.857 bits per heavy atom. The molecule has 0 spiro atoms. The van der Waals surface area contributed by atoms with Crippen molar-refractivity contribution in [2.24, 2.45) is 0 Å². The molecule has 138 valence electrons. The largest absolute Gasteiger partial charge is 0.344 e. The Balaban J connectivity index is 1.60. The summed E-state index contributed by atoms with van der Waals surface area (Å²) in [5.74, 6) is 0.523. The Labute approximate surface area is 163 Å². The molecule has 5 nitrogen and oxygen atoms in total. The molecule has 0 unspecified atom stereocenters. The first kappa shape index (κ1) is 17.7. The van der Waals surface area contributed by atoms with Crippen molar-refractivity contribution < 1.29 is 4.79 Å². The van der Waals surface area contributed by atoms with Crippen LogP contribution in [-0.2, 0) is 13.1 Å². The van der Waals surface area contributed by atoms with Crippen LogP contribution in [0.2, 0.25) is 0 Å². The van der Waals surface area contributed by atoms with Gasteiger partial charge in [-0.15, -0.1) is 0 Å². The average Bonchev–Trinajstić information content (AvgIpc) is 3.25. The minimum atomic E-state index is -0.112. The topological polar surface area (TPSA) is 61.9 Å². The molecule has 0 saturated heterocycles. The zero-order valence-corrected chi connectivity index (χ0v) is 15.3. The highest BCUT2D eigenvalue weighted by atomic mass is 16.2. The van der Waals surface area contributed by atoms with E-state index in [1.54, 1.807) is 18.6 Å². The van der Waals surface area contributed by atoms with Gasteiger partial charge in [-0.3, -0.25) is 9.78 Å². The van der Waals surface area contributed by atoms with Gasteiger partial charge in [-0.05, 0) is 23.3 Å². The molecule has 0 radical (unpaired) electrons. The van der Waals surface area contributed by atoms with Crippen LogP contribution in [0.25, 0.3) is 11.4 Å². The van der Waals surface area contributed by atoms with Gasteiger partial charge in [0.05, 0.1) is 0 Å². The summed E-state index contributed by atoms with van der Waals surface area (Å²) in [4.78, 5) is 26.7. The molecular weight excluding hydrogens is 348 g/mol. The third-order valence-corrected chi connectivity index (χ3v) is 4.45. The van der Waals surface area contributed by atoms with E-state index >= 15 is 0 Å². The number of imidazole rings is 1. The number of amides is 1. The fraction of sp³-hybridized carbons (Fsp3) is 0.0870. The van der Waals surface area contributed by atoms with Crippen LogP contribution >= 0.6 is 0 Å². The molecule has 1 N–H and O–H groups in total. The number of hydrogen-bond acceptors (Lipinski definition) is 3. The van der Waals surface area contributed by atoms with E-state index in [-0.39, 0.29) is 5.91 Å². The maximum absolute atomic E-state index is 13.2. The Hall–Kier alpha value is -3.73. The lowest BCUT2D eigenvalue weighted by atomic mass is 10.1. The normalized spacial score (nSPS) is 10.6. The van der Waals surface area contributed by atoms with Gasteiger partial charge in [0, 0.05) is 37.2 Å². The van der Waals surface area contributed by atoms with Crippen molar-refractivity contribution in [1.82, 2.24) is 19.9 Å². The van der Waals surface area contributed by atoms with E-state index < -0.39 is 0 Å². The summed E-state index contributed by atoms with van der Waals surface area (Å²) in [5.41, 5.74) is 3.40. The maximum Gasteiger partial charge on any atom is 0.274 e. The molecule has 1 amide bonds. The lowest BCUT2D eigenvalue weighted by Crippen LogP contribution is -2.30. The number of benzene rings is 2. The van der Waals surface area contributed by atoms with E-state index in [0.717, 1.165) is 16.7 Å². The van der Waals surface area contributed by atoms with E-state index in [1.807, 2.05) is 77.7 Å². The third-order valence-electron chi connectivity index (χ3n) is 4.45. The lowest BCUT2D eigenvalue weighted by molar-refractivity contribution is 0.0724. The second kappa shape index (κ2) is 8.31. The van der Waals surface area contributed by atoms with E-state index in [4.69, 9.17) is 0 Å². The van der Waals surface area contributed by atoms with Gasteiger partial charge in [-0.1, -0.05) is 60.7 Å². The molecule has 5 heteroatoms. The molecule has 0 aliphatic rings. The molecule has 4 rings (SSSR count). The minimum Gasteiger partial charge on any atom is -0.344 e. The summed E-state index contributed by atoms with van der Waals surface area (Å²) >= 11 is 0. The van der Waals surface area contributed by atoms with E-state index in [0.29, 0.717) is 24.6 Å². The Kier molecular flexibility index (Phi) is 5.24. The van der Waals surface area contributed by atoms with Crippen LogP contribution in [0.1, 0.15) is 21.6 Å². The number of pyridine rings is 1. The minimum absolute atomic E-state index is 0.112. The van der Waals surface area contributed by atoms with Crippen molar-refractivity contribution in [2.75, 3.05) is 0 Å². The number of hydrogen-bond donors (Lipinski definition) is 1. The monoisotopic (exact) mass is 368 g/mol. The van der Waals surface area contributed by atoms with Crippen molar-refractivity contribution in [3.63, 3.8) is 0 Å². The Morgan fingerprint density at radius 2 is 1.50 bits per heavy atom. The van der Waals surface area contributed by atoms with Gasteiger partial charge in [0.1, 0.15) is 11.5 Å². The zero-order chi connectivity index (χ0) is 19.2. The van der Waals surface area contributed by atoms with E-state index in [9.17, 15) is 4.79 Å². The summed E-state index contributed by atoms with van der Waals surface area (Å²) in [6, 6.07) is 23.7. The van der Waals surface area contributed by atoms with Crippen LogP contribution in [0.15, 0.2) is 91.4 Å². The predicted octanol–water partition coefficient (Wildman–Crippen LogP) is 4.31. The van der Waals surface area contributed by atoms with Crippen LogP contribution in [0, 0.1) is 0 Å². The summed E-state index contributed by atoms with van der Waals surface area (Å²) < 4.78 is 0. The first-order valence-electron chi connectivity index (χ1n) is 9.12. The number of H-pyrrole nitrogens is 1.